The number of fused-ring (bicyclic) bond motifs is 1. The van der Waals surface area contributed by atoms with Gasteiger partial charge in [0.15, 0.2) is 11.5 Å². The van der Waals surface area contributed by atoms with E-state index in [1.165, 1.54) is 0 Å². The van der Waals surface area contributed by atoms with Gasteiger partial charge in [0.1, 0.15) is 17.7 Å². The van der Waals surface area contributed by atoms with Crippen LogP contribution in [0, 0.1) is 6.92 Å². The summed E-state index contributed by atoms with van der Waals surface area (Å²) in [7, 11) is 0. The Morgan fingerprint density at radius 2 is 1.88 bits per heavy atom. The summed E-state index contributed by atoms with van der Waals surface area (Å²) in [5.74, 6) is 2.57. The molecule has 0 saturated carbocycles. The maximum Gasteiger partial charge on any atom is 0.224 e. The Morgan fingerprint density at radius 1 is 1.08 bits per heavy atom. The van der Waals surface area contributed by atoms with Crippen molar-refractivity contribution in [3.05, 3.63) is 24.4 Å². The fourth-order valence-corrected chi connectivity index (χ4v) is 3.09. The van der Waals surface area contributed by atoms with E-state index in [9.17, 15) is 0 Å². The number of piperazine rings is 1. The van der Waals surface area contributed by atoms with Gasteiger partial charge >= 0.3 is 0 Å². The Labute approximate surface area is 145 Å². The second kappa shape index (κ2) is 6.50. The van der Waals surface area contributed by atoms with Crippen LogP contribution in [-0.4, -0.2) is 62.6 Å². The normalized spacial score (nSPS) is 15.0. The molecule has 0 atom stereocenters. The Bertz CT molecular complexity index is 867. The summed E-state index contributed by atoms with van der Waals surface area (Å²) in [6.07, 6.45) is 3.23. The highest BCUT2D eigenvalue weighted by Gasteiger charge is 2.22. The highest BCUT2D eigenvalue weighted by molar-refractivity contribution is 5.82. The maximum atomic E-state index is 4.63. The Morgan fingerprint density at radius 3 is 2.68 bits per heavy atom. The van der Waals surface area contributed by atoms with Gasteiger partial charge in [-0.2, -0.15) is 4.98 Å². The molecule has 1 aliphatic heterocycles. The first-order chi connectivity index (χ1) is 12.2. The van der Waals surface area contributed by atoms with Crippen LogP contribution in [0.4, 0.5) is 17.6 Å². The van der Waals surface area contributed by atoms with Gasteiger partial charge in [-0.1, -0.05) is 0 Å². The number of nitrogens with zero attached hydrogens (tertiary/aromatic N) is 7. The third kappa shape index (κ3) is 3.04. The molecule has 0 aromatic carbocycles. The lowest BCUT2D eigenvalue weighted by atomic mass is 10.3. The first kappa shape index (κ1) is 15.6. The highest BCUT2D eigenvalue weighted by atomic mass is 15.3. The highest BCUT2D eigenvalue weighted by Crippen LogP contribution is 2.23. The van der Waals surface area contributed by atoms with Crippen molar-refractivity contribution >= 4 is 28.7 Å². The van der Waals surface area contributed by atoms with Gasteiger partial charge in [-0.3, -0.25) is 0 Å². The second-order valence-electron chi connectivity index (χ2n) is 5.99. The van der Waals surface area contributed by atoms with Crippen LogP contribution in [0.2, 0.25) is 0 Å². The summed E-state index contributed by atoms with van der Waals surface area (Å²) in [6.45, 7) is 8.34. The number of nitrogens with one attached hydrogen (secondary N) is 2. The molecule has 1 aliphatic rings. The van der Waals surface area contributed by atoms with Crippen LogP contribution in [0.15, 0.2) is 18.7 Å². The summed E-state index contributed by atoms with van der Waals surface area (Å²) in [4.78, 5) is 29.6. The number of aromatic amines is 1. The molecular weight excluding hydrogens is 318 g/mol. The zero-order valence-corrected chi connectivity index (χ0v) is 14.4. The van der Waals surface area contributed by atoms with Crippen LogP contribution in [0.3, 0.4) is 0 Å². The first-order valence-corrected chi connectivity index (χ1v) is 8.48. The molecule has 0 amide bonds. The van der Waals surface area contributed by atoms with Crippen molar-refractivity contribution < 1.29 is 0 Å². The lowest BCUT2D eigenvalue weighted by Crippen LogP contribution is -2.47. The molecule has 0 radical (unpaired) electrons. The van der Waals surface area contributed by atoms with Crippen molar-refractivity contribution in [2.75, 3.05) is 47.8 Å². The minimum Gasteiger partial charge on any atom is -0.354 e. The number of rotatable bonds is 4. The molecule has 3 aromatic rings. The van der Waals surface area contributed by atoms with Gasteiger partial charge in [0.05, 0.1) is 6.33 Å². The summed E-state index contributed by atoms with van der Waals surface area (Å²) in [5, 5.41) is 3.19. The molecule has 0 spiro atoms. The van der Waals surface area contributed by atoms with Gasteiger partial charge < -0.3 is 20.1 Å². The smallest absolute Gasteiger partial charge is 0.224 e. The van der Waals surface area contributed by atoms with Crippen LogP contribution in [0.1, 0.15) is 12.6 Å². The molecule has 9 nitrogen and oxygen atoms in total. The number of hydrogen-bond acceptors (Lipinski definition) is 8. The van der Waals surface area contributed by atoms with E-state index in [1.54, 1.807) is 12.7 Å². The average Bonchev–Trinajstić information content (AvgIpc) is 3.10. The molecule has 1 fully saturated rings. The zero-order chi connectivity index (χ0) is 17.2. The lowest BCUT2D eigenvalue weighted by Gasteiger charge is -2.36. The number of aryl methyl sites for hydroxylation is 1. The monoisotopic (exact) mass is 339 g/mol. The van der Waals surface area contributed by atoms with E-state index >= 15 is 0 Å². The molecular formula is C16H21N9. The predicted molar refractivity (Wildman–Crippen MR) is 97.0 cm³/mol. The number of H-pyrrole nitrogens is 1. The van der Waals surface area contributed by atoms with E-state index < -0.39 is 0 Å². The van der Waals surface area contributed by atoms with Crippen molar-refractivity contribution in [3.8, 4) is 0 Å². The first-order valence-electron chi connectivity index (χ1n) is 8.48. The third-order valence-corrected chi connectivity index (χ3v) is 4.28. The summed E-state index contributed by atoms with van der Waals surface area (Å²) in [5.41, 5.74) is 2.57. The molecule has 4 heterocycles. The van der Waals surface area contributed by atoms with Crippen LogP contribution >= 0.6 is 0 Å². The molecule has 3 aromatic heterocycles. The van der Waals surface area contributed by atoms with Crippen molar-refractivity contribution in [2.45, 2.75) is 13.8 Å². The van der Waals surface area contributed by atoms with Crippen molar-refractivity contribution in [1.82, 2.24) is 29.9 Å². The fourth-order valence-electron chi connectivity index (χ4n) is 3.09. The maximum absolute atomic E-state index is 4.63. The van der Waals surface area contributed by atoms with E-state index in [1.807, 2.05) is 19.9 Å². The lowest BCUT2D eigenvalue weighted by molar-refractivity contribution is 0.642. The standard InChI is InChI=1S/C16H21N9/c1-3-17-16-22-11(2)8-12(23-16)24-4-6-25(7-5-24)15-13-14(19-9-18-13)20-10-21-15/h8-10H,3-7H2,1-2H3,(H,17,22,23)(H,18,19,20,21). The Balaban J connectivity index is 1.51. The summed E-state index contributed by atoms with van der Waals surface area (Å²) in [6, 6.07) is 2.04. The van der Waals surface area contributed by atoms with Crippen molar-refractivity contribution in [3.63, 3.8) is 0 Å². The Hall–Kier alpha value is -2.97. The third-order valence-electron chi connectivity index (χ3n) is 4.28. The minimum absolute atomic E-state index is 0.690. The molecule has 9 heteroatoms. The number of imidazole rings is 1. The molecule has 0 aliphatic carbocycles. The van der Waals surface area contributed by atoms with Gasteiger partial charge in [-0.15, -0.1) is 0 Å². The van der Waals surface area contributed by atoms with E-state index in [0.29, 0.717) is 11.6 Å². The minimum atomic E-state index is 0.690. The van der Waals surface area contributed by atoms with Crippen LogP contribution in [0.25, 0.3) is 11.2 Å². The topological polar surface area (TPSA) is 98.8 Å². The number of hydrogen-bond donors (Lipinski definition) is 2. The zero-order valence-electron chi connectivity index (χ0n) is 14.4. The summed E-state index contributed by atoms with van der Waals surface area (Å²) < 4.78 is 0. The van der Waals surface area contributed by atoms with Gasteiger partial charge in [0.2, 0.25) is 5.95 Å². The van der Waals surface area contributed by atoms with Gasteiger partial charge in [0.25, 0.3) is 0 Å². The quantitative estimate of drug-likeness (QED) is 0.732. The van der Waals surface area contributed by atoms with Gasteiger partial charge in [-0.05, 0) is 13.8 Å². The van der Waals surface area contributed by atoms with Gasteiger partial charge in [-0.25, -0.2) is 19.9 Å². The SMILES string of the molecule is CCNc1nc(C)cc(N2CCN(c3ncnc4nc[nH]c34)CC2)n1. The largest absolute Gasteiger partial charge is 0.354 e. The average molecular weight is 339 g/mol. The number of aromatic nitrogens is 6. The van der Waals surface area contributed by atoms with Gasteiger partial charge in [0, 0.05) is 44.5 Å². The number of anilines is 3. The van der Waals surface area contributed by atoms with Crippen molar-refractivity contribution in [1.29, 1.82) is 0 Å². The van der Waals surface area contributed by atoms with E-state index in [2.05, 4.69) is 45.0 Å². The predicted octanol–water partition coefficient (Wildman–Crippen LogP) is 1.21. The Kier molecular flexibility index (Phi) is 4.04. The van der Waals surface area contributed by atoms with Crippen LogP contribution in [-0.2, 0) is 0 Å². The molecule has 130 valence electrons. The van der Waals surface area contributed by atoms with Crippen molar-refractivity contribution in [2.24, 2.45) is 0 Å². The molecule has 0 bridgehead atoms. The molecule has 1 saturated heterocycles. The molecule has 4 rings (SSSR count). The van der Waals surface area contributed by atoms with Crippen LogP contribution < -0.4 is 15.1 Å². The van der Waals surface area contributed by atoms with E-state index in [-0.39, 0.29) is 0 Å². The molecule has 25 heavy (non-hydrogen) atoms. The van der Waals surface area contributed by atoms with E-state index in [0.717, 1.165) is 55.6 Å². The fraction of sp³-hybridized carbons (Fsp3) is 0.438. The summed E-state index contributed by atoms with van der Waals surface area (Å²) >= 11 is 0. The van der Waals surface area contributed by atoms with E-state index in [4.69, 9.17) is 0 Å². The molecule has 2 N–H and O–H groups in total. The van der Waals surface area contributed by atoms with Crippen LogP contribution in [0.5, 0.6) is 0 Å². The molecule has 0 unspecified atom stereocenters. The second-order valence-corrected chi connectivity index (χ2v) is 5.99.